The van der Waals surface area contributed by atoms with Crippen LogP contribution < -0.4 is 5.73 Å². The van der Waals surface area contributed by atoms with Gasteiger partial charge in [-0.05, 0) is 17.8 Å². The summed E-state index contributed by atoms with van der Waals surface area (Å²) < 4.78 is 5.47. The summed E-state index contributed by atoms with van der Waals surface area (Å²) in [6.45, 7) is 1.72. The SMILES string of the molecule is CC1OC(C[S+](C)CC[C@@H](N)C(=O)O)[C@@H](O)[C@H]1O. The Kier molecular flexibility index (Phi) is 5.87. The molecule has 1 aliphatic heterocycles. The van der Waals surface area contributed by atoms with Gasteiger partial charge in [0, 0.05) is 6.42 Å². The average molecular weight is 280 g/mol. The number of aliphatic carboxylic acids is 1. The topological polar surface area (TPSA) is 113 Å². The molecule has 1 heterocycles. The van der Waals surface area contributed by atoms with Crippen LogP contribution in [0, 0.1) is 0 Å². The van der Waals surface area contributed by atoms with Gasteiger partial charge < -0.3 is 25.8 Å². The number of aliphatic hydroxyl groups excluding tert-OH is 2. The largest absolute Gasteiger partial charge is 0.480 e. The molecule has 0 bridgehead atoms. The number of ether oxygens (including phenoxy) is 1. The van der Waals surface area contributed by atoms with Gasteiger partial charge in [0.25, 0.3) is 0 Å². The lowest BCUT2D eigenvalue weighted by atomic mass is 10.1. The Morgan fingerprint density at radius 2 is 2.06 bits per heavy atom. The van der Waals surface area contributed by atoms with Crippen LogP contribution in [0.3, 0.4) is 0 Å². The van der Waals surface area contributed by atoms with Gasteiger partial charge in [-0.25, -0.2) is 0 Å². The molecule has 1 aliphatic rings. The van der Waals surface area contributed by atoms with E-state index in [9.17, 15) is 15.0 Å². The zero-order chi connectivity index (χ0) is 13.9. The summed E-state index contributed by atoms with van der Waals surface area (Å²) in [4.78, 5) is 10.6. The van der Waals surface area contributed by atoms with Crippen molar-refractivity contribution in [2.24, 2.45) is 5.73 Å². The predicted molar refractivity (Wildman–Crippen MR) is 69.6 cm³/mol. The van der Waals surface area contributed by atoms with Gasteiger partial charge in [-0.3, -0.25) is 4.79 Å². The van der Waals surface area contributed by atoms with Crippen LogP contribution in [0.1, 0.15) is 13.3 Å². The molecule has 7 heteroatoms. The Morgan fingerprint density at radius 1 is 1.44 bits per heavy atom. The molecule has 0 aromatic rings. The van der Waals surface area contributed by atoms with E-state index < -0.39 is 24.2 Å². The molecule has 6 nitrogen and oxygen atoms in total. The first-order valence-electron chi connectivity index (χ1n) is 5.92. The maximum absolute atomic E-state index is 10.6. The summed E-state index contributed by atoms with van der Waals surface area (Å²) in [5.41, 5.74) is 5.43. The number of hydrogen-bond acceptors (Lipinski definition) is 5. The number of aliphatic hydroxyl groups is 2. The smallest absolute Gasteiger partial charge is 0.320 e. The molecule has 0 amide bonds. The van der Waals surface area contributed by atoms with Crippen LogP contribution in [0.4, 0.5) is 0 Å². The van der Waals surface area contributed by atoms with E-state index in [0.717, 1.165) is 0 Å². The highest BCUT2D eigenvalue weighted by Crippen LogP contribution is 2.22. The Hall–Kier alpha value is -0.340. The fraction of sp³-hybridized carbons (Fsp3) is 0.909. The molecule has 3 unspecified atom stereocenters. The van der Waals surface area contributed by atoms with Crippen molar-refractivity contribution in [2.75, 3.05) is 17.8 Å². The highest BCUT2D eigenvalue weighted by molar-refractivity contribution is 7.96. The molecule has 0 aromatic carbocycles. The van der Waals surface area contributed by atoms with E-state index in [1.165, 1.54) is 0 Å². The van der Waals surface area contributed by atoms with E-state index >= 15 is 0 Å². The number of hydrogen-bond donors (Lipinski definition) is 4. The molecule has 106 valence electrons. The lowest BCUT2D eigenvalue weighted by molar-refractivity contribution is -0.138. The van der Waals surface area contributed by atoms with E-state index in [0.29, 0.717) is 17.9 Å². The lowest BCUT2D eigenvalue weighted by Gasteiger charge is -2.14. The van der Waals surface area contributed by atoms with Crippen LogP contribution in [0.5, 0.6) is 0 Å². The molecule has 6 atom stereocenters. The van der Waals surface area contributed by atoms with Gasteiger partial charge in [0.05, 0.1) is 12.4 Å². The van der Waals surface area contributed by atoms with E-state index in [1.807, 2.05) is 6.26 Å². The van der Waals surface area contributed by atoms with Gasteiger partial charge in [0.15, 0.2) is 0 Å². The van der Waals surface area contributed by atoms with Crippen LogP contribution in [-0.4, -0.2) is 69.5 Å². The maximum atomic E-state index is 10.6. The zero-order valence-corrected chi connectivity index (χ0v) is 11.5. The van der Waals surface area contributed by atoms with Gasteiger partial charge in [-0.1, -0.05) is 0 Å². The third-order valence-corrected chi connectivity index (χ3v) is 4.97. The first kappa shape index (κ1) is 15.7. The molecule has 1 rings (SSSR count). The number of carboxylic acid groups (broad SMARTS) is 1. The molecule has 1 fully saturated rings. The fourth-order valence-corrected chi connectivity index (χ4v) is 3.55. The maximum Gasteiger partial charge on any atom is 0.320 e. The molecule has 0 spiro atoms. The molecule has 18 heavy (non-hydrogen) atoms. The van der Waals surface area contributed by atoms with Gasteiger partial charge >= 0.3 is 5.97 Å². The second-order valence-electron chi connectivity index (χ2n) is 4.75. The summed E-state index contributed by atoms with van der Waals surface area (Å²) in [7, 11) is -0.0870. The quantitative estimate of drug-likeness (QED) is 0.443. The number of carboxylic acids is 1. The van der Waals surface area contributed by atoms with Crippen molar-refractivity contribution in [1.29, 1.82) is 0 Å². The van der Waals surface area contributed by atoms with Crippen molar-refractivity contribution >= 4 is 16.9 Å². The Labute approximate surface area is 109 Å². The monoisotopic (exact) mass is 280 g/mol. The van der Waals surface area contributed by atoms with Crippen molar-refractivity contribution < 1.29 is 24.9 Å². The van der Waals surface area contributed by atoms with Gasteiger partial charge in [0.2, 0.25) is 0 Å². The van der Waals surface area contributed by atoms with Crippen LogP contribution in [-0.2, 0) is 20.4 Å². The second kappa shape index (κ2) is 6.72. The highest BCUT2D eigenvalue weighted by Gasteiger charge is 2.42. The summed E-state index contributed by atoms with van der Waals surface area (Å²) in [5.74, 6) is 0.313. The van der Waals surface area contributed by atoms with Crippen molar-refractivity contribution in [3.8, 4) is 0 Å². The molecular weight excluding hydrogens is 258 g/mol. The Morgan fingerprint density at radius 3 is 2.50 bits per heavy atom. The molecule has 5 N–H and O–H groups in total. The summed E-state index contributed by atoms with van der Waals surface area (Å²) in [6, 6.07) is -0.834. The van der Waals surface area contributed by atoms with Gasteiger partial charge in [0.1, 0.15) is 35.9 Å². The first-order chi connectivity index (χ1) is 8.32. The standard InChI is InChI=1S/C11H21NO5S/c1-6-9(13)10(14)8(17-6)5-18(2)4-3-7(12)11(15)16/h6-10,13-14H,3-5,12H2,1-2H3/p+1/t6?,7-,8?,9+,10-,18?/m1/s1. The molecule has 1 saturated heterocycles. The summed E-state index contributed by atoms with van der Waals surface area (Å²) in [6.07, 6.45) is -0.0281. The number of carbonyl (C=O) groups is 1. The first-order valence-corrected chi connectivity index (χ1v) is 7.89. The van der Waals surface area contributed by atoms with Gasteiger partial charge in [-0.15, -0.1) is 0 Å². The van der Waals surface area contributed by atoms with Crippen molar-refractivity contribution in [3.63, 3.8) is 0 Å². The van der Waals surface area contributed by atoms with Crippen LogP contribution in [0.2, 0.25) is 0 Å². The van der Waals surface area contributed by atoms with Gasteiger partial charge in [-0.2, -0.15) is 0 Å². The Bertz CT molecular complexity index is 291. The van der Waals surface area contributed by atoms with E-state index in [-0.39, 0.29) is 23.1 Å². The summed E-state index contributed by atoms with van der Waals surface area (Å²) in [5, 5.41) is 28.0. The minimum absolute atomic E-state index is 0.0870. The third-order valence-electron chi connectivity index (χ3n) is 3.14. The minimum Gasteiger partial charge on any atom is -0.480 e. The molecule has 0 radical (unpaired) electrons. The fourth-order valence-electron chi connectivity index (χ4n) is 1.89. The lowest BCUT2D eigenvalue weighted by Crippen LogP contribution is -2.37. The molecule has 0 aromatic heterocycles. The highest BCUT2D eigenvalue weighted by atomic mass is 32.2. The van der Waals surface area contributed by atoms with E-state index in [4.69, 9.17) is 15.6 Å². The number of rotatable bonds is 6. The van der Waals surface area contributed by atoms with Crippen LogP contribution >= 0.6 is 0 Å². The van der Waals surface area contributed by atoms with Crippen molar-refractivity contribution in [1.82, 2.24) is 0 Å². The van der Waals surface area contributed by atoms with E-state index in [1.54, 1.807) is 6.92 Å². The predicted octanol–water partition coefficient (Wildman–Crippen LogP) is -1.45. The molecule has 0 aliphatic carbocycles. The van der Waals surface area contributed by atoms with Crippen LogP contribution in [0.15, 0.2) is 0 Å². The number of nitrogens with two attached hydrogens (primary N) is 1. The molecular formula is C11H22NO5S+. The van der Waals surface area contributed by atoms with Crippen molar-refractivity contribution in [3.05, 3.63) is 0 Å². The summed E-state index contributed by atoms with van der Waals surface area (Å²) >= 11 is 0. The normalized spacial score (nSPS) is 35.4. The third kappa shape index (κ3) is 4.10. The minimum atomic E-state index is -0.992. The zero-order valence-electron chi connectivity index (χ0n) is 10.7. The van der Waals surface area contributed by atoms with E-state index in [2.05, 4.69) is 0 Å². The van der Waals surface area contributed by atoms with Crippen LogP contribution in [0.25, 0.3) is 0 Å². The Balaban J connectivity index is 2.32. The average Bonchev–Trinajstić information content (AvgIpc) is 2.54. The molecule has 0 saturated carbocycles. The second-order valence-corrected chi connectivity index (χ2v) is 7.05. The van der Waals surface area contributed by atoms with Crippen molar-refractivity contribution in [2.45, 2.75) is 43.8 Å².